The first-order chi connectivity index (χ1) is 7.22. The van der Waals surface area contributed by atoms with Gasteiger partial charge in [0, 0.05) is 19.2 Å². The molecule has 0 aromatic carbocycles. The Morgan fingerprint density at radius 1 is 1.27 bits per heavy atom. The second kappa shape index (κ2) is 6.49. The van der Waals surface area contributed by atoms with Gasteiger partial charge in [-0.15, -0.1) is 0 Å². The van der Waals surface area contributed by atoms with Crippen LogP contribution in [-0.2, 0) is 0 Å². The third kappa shape index (κ3) is 4.12. The number of hydrogen-bond acceptors (Lipinski definition) is 2. The van der Waals surface area contributed by atoms with Gasteiger partial charge in [0.2, 0.25) is 0 Å². The summed E-state index contributed by atoms with van der Waals surface area (Å²) in [5.74, 6) is 0. The zero-order valence-electron chi connectivity index (χ0n) is 10.4. The molecule has 90 valence electrons. The third-order valence-corrected chi connectivity index (χ3v) is 3.99. The second-order valence-electron chi connectivity index (χ2n) is 5.22. The number of nitrogens with one attached hydrogen (secondary N) is 1. The molecule has 0 spiro atoms. The predicted octanol–water partition coefficient (Wildman–Crippen LogP) is 2.71. The molecule has 1 aliphatic carbocycles. The van der Waals surface area contributed by atoms with Crippen molar-refractivity contribution in [1.82, 2.24) is 5.32 Å². The van der Waals surface area contributed by atoms with Crippen LogP contribution in [0.4, 0.5) is 0 Å². The molecule has 0 aliphatic heterocycles. The zero-order valence-corrected chi connectivity index (χ0v) is 10.4. The van der Waals surface area contributed by atoms with Gasteiger partial charge < -0.3 is 10.4 Å². The monoisotopic (exact) mass is 213 g/mol. The molecule has 0 heterocycles. The van der Waals surface area contributed by atoms with Gasteiger partial charge in [-0.3, -0.25) is 0 Å². The van der Waals surface area contributed by atoms with Crippen LogP contribution < -0.4 is 5.32 Å². The average Bonchev–Trinajstić information content (AvgIpc) is 2.28. The van der Waals surface area contributed by atoms with Crippen LogP contribution in [0.1, 0.15) is 58.8 Å². The van der Waals surface area contributed by atoms with Gasteiger partial charge >= 0.3 is 0 Å². The fraction of sp³-hybridized carbons (Fsp3) is 1.00. The van der Waals surface area contributed by atoms with Crippen molar-refractivity contribution in [1.29, 1.82) is 0 Å². The molecule has 1 atom stereocenters. The average molecular weight is 213 g/mol. The Bertz CT molecular complexity index is 158. The van der Waals surface area contributed by atoms with Gasteiger partial charge in [0.15, 0.2) is 0 Å². The molecule has 1 unspecified atom stereocenters. The Morgan fingerprint density at radius 2 is 1.93 bits per heavy atom. The Labute approximate surface area is 94.5 Å². The standard InChI is InChI=1S/C13H27NO/c1-3-12(2)14-11-13(9-10-15)7-5-4-6-8-13/h12,14-15H,3-11H2,1-2H3. The highest BCUT2D eigenvalue weighted by atomic mass is 16.3. The minimum absolute atomic E-state index is 0.349. The summed E-state index contributed by atoms with van der Waals surface area (Å²) in [7, 11) is 0. The fourth-order valence-electron chi connectivity index (χ4n) is 2.59. The number of aliphatic hydroxyl groups excluding tert-OH is 1. The van der Waals surface area contributed by atoms with Crippen molar-refractivity contribution in [2.45, 2.75) is 64.8 Å². The Hall–Kier alpha value is -0.0800. The first-order valence-corrected chi connectivity index (χ1v) is 6.57. The van der Waals surface area contributed by atoms with Crippen molar-refractivity contribution in [3.05, 3.63) is 0 Å². The zero-order chi connectivity index (χ0) is 11.1. The lowest BCUT2D eigenvalue weighted by Crippen LogP contribution is -2.40. The lowest BCUT2D eigenvalue weighted by Gasteiger charge is -2.38. The van der Waals surface area contributed by atoms with Crippen molar-refractivity contribution in [3.8, 4) is 0 Å². The largest absolute Gasteiger partial charge is 0.396 e. The first kappa shape index (κ1) is 13.0. The van der Waals surface area contributed by atoms with E-state index in [2.05, 4.69) is 19.2 Å². The van der Waals surface area contributed by atoms with E-state index in [1.165, 1.54) is 38.5 Å². The lowest BCUT2D eigenvalue weighted by molar-refractivity contribution is 0.123. The molecule has 1 rings (SSSR count). The summed E-state index contributed by atoms with van der Waals surface area (Å²) in [5.41, 5.74) is 0.399. The number of hydrogen-bond donors (Lipinski definition) is 2. The summed E-state index contributed by atoms with van der Waals surface area (Å²) in [6.45, 7) is 5.91. The van der Waals surface area contributed by atoms with Crippen LogP contribution in [0, 0.1) is 5.41 Å². The fourth-order valence-corrected chi connectivity index (χ4v) is 2.59. The van der Waals surface area contributed by atoms with Crippen LogP contribution in [0.25, 0.3) is 0 Å². The molecule has 1 fully saturated rings. The molecule has 2 N–H and O–H groups in total. The first-order valence-electron chi connectivity index (χ1n) is 6.57. The van der Waals surface area contributed by atoms with Gasteiger partial charge in [-0.05, 0) is 38.0 Å². The predicted molar refractivity (Wildman–Crippen MR) is 65.0 cm³/mol. The van der Waals surface area contributed by atoms with Crippen LogP contribution in [0.2, 0.25) is 0 Å². The number of rotatable bonds is 6. The molecule has 0 bridgehead atoms. The summed E-state index contributed by atoms with van der Waals surface area (Å²) in [4.78, 5) is 0. The summed E-state index contributed by atoms with van der Waals surface area (Å²) >= 11 is 0. The normalized spacial score (nSPS) is 22.6. The van der Waals surface area contributed by atoms with Gasteiger partial charge in [0.05, 0.1) is 0 Å². The maximum Gasteiger partial charge on any atom is 0.0436 e. The van der Waals surface area contributed by atoms with Crippen LogP contribution in [-0.4, -0.2) is 24.3 Å². The van der Waals surface area contributed by atoms with Crippen molar-refractivity contribution in [3.63, 3.8) is 0 Å². The molecule has 0 aromatic rings. The van der Waals surface area contributed by atoms with Crippen molar-refractivity contribution in [2.75, 3.05) is 13.2 Å². The van der Waals surface area contributed by atoms with E-state index < -0.39 is 0 Å². The second-order valence-corrected chi connectivity index (χ2v) is 5.22. The maximum atomic E-state index is 9.18. The van der Waals surface area contributed by atoms with Crippen LogP contribution in [0.3, 0.4) is 0 Å². The Morgan fingerprint density at radius 3 is 2.47 bits per heavy atom. The molecule has 0 amide bonds. The van der Waals surface area contributed by atoms with E-state index in [4.69, 9.17) is 0 Å². The van der Waals surface area contributed by atoms with Crippen molar-refractivity contribution in [2.24, 2.45) is 5.41 Å². The van der Waals surface area contributed by atoms with E-state index in [-0.39, 0.29) is 0 Å². The third-order valence-electron chi connectivity index (χ3n) is 3.99. The Kier molecular flexibility index (Phi) is 5.62. The molecular weight excluding hydrogens is 186 g/mol. The quantitative estimate of drug-likeness (QED) is 0.711. The van der Waals surface area contributed by atoms with E-state index in [9.17, 15) is 5.11 Å². The summed E-state index contributed by atoms with van der Waals surface area (Å²) in [6, 6.07) is 0.613. The van der Waals surface area contributed by atoms with Crippen molar-refractivity contribution < 1.29 is 5.11 Å². The molecule has 1 aliphatic rings. The molecule has 2 heteroatoms. The van der Waals surface area contributed by atoms with E-state index in [1.54, 1.807) is 0 Å². The highest BCUT2D eigenvalue weighted by Gasteiger charge is 2.31. The highest BCUT2D eigenvalue weighted by molar-refractivity contribution is 4.85. The summed E-state index contributed by atoms with van der Waals surface area (Å²) < 4.78 is 0. The highest BCUT2D eigenvalue weighted by Crippen LogP contribution is 2.38. The van der Waals surface area contributed by atoms with Crippen molar-refractivity contribution >= 4 is 0 Å². The Balaban J connectivity index is 2.41. The maximum absolute atomic E-state index is 9.18. The van der Waals surface area contributed by atoms with Crippen LogP contribution in [0.15, 0.2) is 0 Å². The number of aliphatic hydroxyl groups is 1. The molecular formula is C13H27NO. The van der Waals surface area contributed by atoms with E-state index in [0.29, 0.717) is 18.1 Å². The van der Waals surface area contributed by atoms with E-state index in [1.807, 2.05) is 0 Å². The molecule has 15 heavy (non-hydrogen) atoms. The van der Waals surface area contributed by atoms with Gasteiger partial charge in [0.1, 0.15) is 0 Å². The van der Waals surface area contributed by atoms with Gasteiger partial charge in [-0.25, -0.2) is 0 Å². The van der Waals surface area contributed by atoms with Crippen LogP contribution >= 0.6 is 0 Å². The SMILES string of the molecule is CCC(C)NCC1(CCO)CCCCC1. The molecule has 0 aromatic heterocycles. The van der Waals surface area contributed by atoms with Gasteiger partial charge in [-0.2, -0.15) is 0 Å². The van der Waals surface area contributed by atoms with Gasteiger partial charge in [-0.1, -0.05) is 26.2 Å². The van der Waals surface area contributed by atoms with Gasteiger partial charge in [0.25, 0.3) is 0 Å². The minimum Gasteiger partial charge on any atom is -0.396 e. The lowest BCUT2D eigenvalue weighted by atomic mass is 9.72. The van der Waals surface area contributed by atoms with E-state index >= 15 is 0 Å². The topological polar surface area (TPSA) is 32.3 Å². The molecule has 2 nitrogen and oxygen atoms in total. The van der Waals surface area contributed by atoms with E-state index in [0.717, 1.165) is 13.0 Å². The summed E-state index contributed by atoms with van der Waals surface area (Å²) in [5, 5.41) is 12.8. The minimum atomic E-state index is 0.349. The molecule has 0 radical (unpaired) electrons. The van der Waals surface area contributed by atoms with Crippen LogP contribution in [0.5, 0.6) is 0 Å². The summed E-state index contributed by atoms with van der Waals surface area (Å²) in [6.07, 6.45) is 8.86. The smallest absolute Gasteiger partial charge is 0.0436 e. The molecule has 1 saturated carbocycles. The molecule has 0 saturated heterocycles.